The summed E-state index contributed by atoms with van der Waals surface area (Å²) in [6, 6.07) is 6.96. The Morgan fingerprint density at radius 2 is 1.89 bits per heavy atom. The molecule has 5 atom stereocenters. The molecule has 192 valence electrons. The maximum Gasteiger partial charge on any atom is 0.410 e. The third kappa shape index (κ3) is 5.00. The molecule has 1 spiro atoms. The molecule has 3 heterocycles. The minimum absolute atomic E-state index is 0.0956. The SMILES string of the molecule is CC(C)=CC[C@H]1O[C@]1(C)[C@H]1C[C@H](OC(=O)N2CCN(c3ccc(N(O)O)cc3)CC2)CC[C@]12CO2. The van der Waals surface area contributed by atoms with E-state index in [1.54, 1.807) is 17.0 Å². The smallest absolute Gasteiger partial charge is 0.410 e. The van der Waals surface area contributed by atoms with Crippen LogP contribution < -0.4 is 10.1 Å². The number of carbonyl (C=O) groups is 1. The molecule has 0 aromatic heterocycles. The molecule has 2 N–H and O–H groups in total. The zero-order valence-electron chi connectivity index (χ0n) is 20.9. The Kier molecular flexibility index (Phi) is 6.46. The number of hydrogen-bond donors (Lipinski definition) is 2. The number of amides is 1. The van der Waals surface area contributed by atoms with Crippen molar-refractivity contribution >= 4 is 17.5 Å². The molecular weight excluding hydrogens is 450 g/mol. The van der Waals surface area contributed by atoms with E-state index in [9.17, 15) is 4.79 Å². The number of epoxide rings is 2. The second-order valence-corrected chi connectivity index (χ2v) is 10.8. The van der Waals surface area contributed by atoms with Crippen molar-refractivity contribution in [2.45, 2.75) is 69.9 Å². The number of anilines is 2. The fourth-order valence-corrected chi connectivity index (χ4v) is 5.84. The topological polar surface area (TPSA) is 102 Å². The van der Waals surface area contributed by atoms with Crippen LogP contribution in [0.4, 0.5) is 16.2 Å². The van der Waals surface area contributed by atoms with Gasteiger partial charge in [0, 0.05) is 37.8 Å². The van der Waals surface area contributed by atoms with Crippen LogP contribution in [0.3, 0.4) is 0 Å². The normalized spacial score (nSPS) is 33.9. The molecule has 9 nitrogen and oxygen atoms in total. The Bertz CT molecular complexity index is 950. The number of carbonyl (C=O) groups excluding carboxylic acids is 1. The van der Waals surface area contributed by atoms with Crippen LogP contribution in [0.15, 0.2) is 35.9 Å². The monoisotopic (exact) mass is 487 g/mol. The largest absolute Gasteiger partial charge is 0.446 e. The predicted octanol–water partition coefficient (Wildman–Crippen LogP) is 3.98. The number of piperazine rings is 1. The fraction of sp³-hybridized carbons (Fsp3) is 0.654. The average Bonchev–Trinajstić information content (AvgIpc) is 3.76. The van der Waals surface area contributed by atoms with E-state index in [0.717, 1.165) is 38.0 Å². The summed E-state index contributed by atoms with van der Waals surface area (Å²) < 4.78 is 18.2. The van der Waals surface area contributed by atoms with Gasteiger partial charge in [0.1, 0.15) is 6.10 Å². The molecule has 5 rings (SSSR count). The van der Waals surface area contributed by atoms with E-state index < -0.39 is 0 Å². The van der Waals surface area contributed by atoms with Crippen LogP contribution in [0.5, 0.6) is 0 Å². The van der Waals surface area contributed by atoms with Crippen molar-refractivity contribution in [3.05, 3.63) is 35.9 Å². The van der Waals surface area contributed by atoms with Gasteiger partial charge < -0.3 is 24.0 Å². The van der Waals surface area contributed by atoms with Crippen LogP contribution in [0, 0.1) is 5.92 Å². The van der Waals surface area contributed by atoms with E-state index in [1.807, 2.05) is 12.1 Å². The summed E-state index contributed by atoms with van der Waals surface area (Å²) in [6.45, 7) is 9.75. The summed E-state index contributed by atoms with van der Waals surface area (Å²) >= 11 is 0. The second kappa shape index (κ2) is 9.28. The maximum atomic E-state index is 13.0. The highest BCUT2D eigenvalue weighted by Crippen LogP contribution is 2.59. The van der Waals surface area contributed by atoms with Gasteiger partial charge in [0.15, 0.2) is 0 Å². The Labute approximate surface area is 206 Å². The Morgan fingerprint density at radius 3 is 2.49 bits per heavy atom. The van der Waals surface area contributed by atoms with Crippen molar-refractivity contribution in [1.29, 1.82) is 0 Å². The second-order valence-electron chi connectivity index (χ2n) is 10.8. The summed E-state index contributed by atoms with van der Waals surface area (Å²) in [4.78, 5) is 16.9. The van der Waals surface area contributed by atoms with Gasteiger partial charge in [0.05, 0.1) is 29.6 Å². The molecule has 35 heavy (non-hydrogen) atoms. The van der Waals surface area contributed by atoms with E-state index in [4.69, 9.17) is 24.6 Å². The predicted molar refractivity (Wildman–Crippen MR) is 130 cm³/mol. The average molecular weight is 488 g/mol. The molecule has 1 aliphatic carbocycles. The van der Waals surface area contributed by atoms with Gasteiger partial charge in [-0.25, -0.2) is 4.79 Å². The van der Waals surface area contributed by atoms with E-state index in [-0.39, 0.29) is 40.6 Å². The third-order valence-corrected chi connectivity index (χ3v) is 8.20. The number of allylic oxidation sites excluding steroid dienone is 1. The standard InChI is InChI=1S/C26H37N3O6/c1-18(2)4-9-23-25(3,35-23)22-16-21(10-11-26(22)17-33-26)34-24(30)28-14-12-27(13-15-28)19-5-7-20(8-6-19)29(31)32/h4-8,21-23,31-32H,9-17H2,1-3H3/t21-,22-,23-,25-,26+/m1/s1. The van der Waals surface area contributed by atoms with Crippen molar-refractivity contribution in [3.8, 4) is 0 Å². The molecule has 0 radical (unpaired) electrons. The molecule has 1 aromatic carbocycles. The van der Waals surface area contributed by atoms with Crippen LogP contribution in [0.25, 0.3) is 0 Å². The fourth-order valence-electron chi connectivity index (χ4n) is 5.84. The summed E-state index contributed by atoms with van der Waals surface area (Å²) in [5.41, 5.74) is 2.27. The van der Waals surface area contributed by atoms with Gasteiger partial charge in [-0.2, -0.15) is 0 Å². The lowest BCUT2D eigenvalue weighted by atomic mass is 9.70. The molecule has 0 unspecified atom stereocenters. The molecule has 4 aliphatic rings. The highest BCUT2D eigenvalue weighted by molar-refractivity contribution is 5.68. The molecule has 3 aliphatic heterocycles. The molecule has 3 saturated heterocycles. The van der Waals surface area contributed by atoms with E-state index in [1.165, 1.54) is 5.57 Å². The van der Waals surface area contributed by atoms with Crippen LogP contribution in [-0.2, 0) is 14.2 Å². The van der Waals surface area contributed by atoms with Gasteiger partial charge in [-0.05, 0) is 70.7 Å². The molecule has 9 heteroatoms. The van der Waals surface area contributed by atoms with Gasteiger partial charge in [0.25, 0.3) is 0 Å². The molecule has 1 aromatic rings. The molecule has 1 saturated carbocycles. The molecule has 0 bridgehead atoms. The lowest BCUT2D eigenvalue weighted by Crippen LogP contribution is -2.50. The van der Waals surface area contributed by atoms with E-state index >= 15 is 0 Å². The van der Waals surface area contributed by atoms with Gasteiger partial charge in [0.2, 0.25) is 0 Å². The van der Waals surface area contributed by atoms with Crippen molar-refractivity contribution in [2.24, 2.45) is 5.92 Å². The first-order valence-corrected chi connectivity index (χ1v) is 12.6. The van der Waals surface area contributed by atoms with Crippen molar-refractivity contribution in [2.75, 3.05) is 42.9 Å². The summed E-state index contributed by atoms with van der Waals surface area (Å²) in [5, 5.41) is 18.3. The quantitative estimate of drug-likeness (QED) is 0.353. The maximum absolute atomic E-state index is 13.0. The van der Waals surface area contributed by atoms with E-state index in [0.29, 0.717) is 31.9 Å². The Balaban J connectivity index is 1.13. The number of nitrogens with zero attached hydrogens (tertiary/aromatic N) is 3. The summed E-state index contributed by atoms with van der Waals surface area (Å²) in [5.74, 6) is 0.241. The first-order valence-electron chi connectivity index (χ1n) is 12.6. The lowest BCUT2D eigenvalue weighted by molar-refractivity contribution is -0.00992. The molecule has 4 fully saturated rings. The van der Waals surface area contributed by atoms with Gasteiger partial charge in [-0.1, -0.05) is 11.6 Å². The van der Waals surface area contributed by atoms with Crippen LogP contribution in [-0.4, -0.2) is 77.6 Å². The van der Waals surface area contributed by atoms with Gasteiger partial charge in [-0.3, -0.25) is 10.4 Å². The third-order valence-electron chi connectivity index (χ3n) is 8.20. The Morgan fingerprint density at radius 1 is 1.20 bits per heavy atom. The van der Waals surface area contributed by atoms with Crippen LogP contribution in [0.2, 0.25) is 0 Å². The number of hydrogen-bond acceptors (Lipinski definition) is 8. The summed E-state index contributed by atoms with van der Waals surface area (Å²) in [6.07, 6.45) is 5.53. The van der Waals surface area contributed by atoms with Gasteiger partial charge in [-0.15, -0.1) is 5.23 Å². The highest BCUT2D eigenvalue weighted by atomic mass is 16.8. The number of benzene rings is 1. The molecule has 1 amide bonds. The summed E-state index contributed by atoms with van der Waals surface area (Å²) in [7, 11) is 0. The minimum atomic E-state index is -0.240. The number of rotatable bonds is 6. The zero-order chi connectivity index (χ0) is 24.8. The first kappa shape index (κ1) is 24.4. The van der Waals surface area contributed by atoms with Crippen molar-refractivity contribution < 1.29 is 29.4 Å². The van der Waals surface area contributed by atoms with Gasteiger partial charge >= 0.3 is 6.09 Å². The van der Waals surface area contributed by atoms with Crippen molar-refractivity contribution in [1.82, 2.24) is 4.90 Å². The zero-order valence-corrected chi connectivity index (χ0v) is 20.9. The Hall–Kier alpha value is -2.33. The van der Waals surface area contributed by atoms with E-state index in [2.05, 4.69) is 31.7 Å². The first-order chi connectivity index (χ1) is 16.7. The van der Waals surface area contributed by atoms with Crippen molar-refractivity contribution in [3.63, 3.8) is 0 Å². The highest BCUT2D eigenvalue weighted by Gasteiger charge is 2.68. The van der Waals surface area contributed by atoms with Crippen LogP contribution in [0.1, 0.15) is 46.5 Å². The number of ether oxygens (including phenoxy) is 3. The molecular formula is C26H37N3O6. The van der Waals surface area contributed by atoms with Crippen LogP contribution >= 0.6 is 0 Å². The minimum Gasteiger partial charge on any atom is -0.446 e. The lowest BCUT2D eigenvalue weighted by Gasteiger charge is -2.39.